The fourth-order valence-corrected chi connectivity index (χ4v) is 2.29. The summed E-state index contributed by atoms with van der Waals surface area (Å²) in [5, 5.41) is 12.1. The molecule has 1 amide bonds. The smallest absolute Gasteiger partial charge is 0.255 e. The van der Waals surface area contributed by atoms with Crippen LogP contribution < -0.4 is 5.32 Å². The average molecular weight is 269 g/mol. The van der Waals surface area contributed by atoms with Gasteiger partial charge in [0.05, 0.1) is 19.8 Å². The minimum Gasteiger partial charge on any atom is -0.392 e. The van der Waals surface area contributed by atoms with Gasteiger partial charge in [0.1, 0.15) is 0 Å². The Morgan fingerprint density at radius 3 is 2.80 bits per heavy atom. The number of benzene rings is 2. The van der Waals surface area contributed by atoms with E-state index >= 15 is 0 Å². The van der Waals surface area contributed by atoms with Crippen molar-refractivity contribution in [3.63, 3.8) is 0 Å². The second kappa shape index (κ2) is 5.45. The second-order valence-corrected chi connectivity index (χ2v) is 4.75. The van der Waals surface area contributed by atoms with Gasteiger partial charge in [-0.3, -0.25) is 4.79 Å². The van der Waals surface area contributed by atoms with Gasteiger partial charge in [-0.15, -0.1) is 0 Å². The minimum atomic E-state index is -0.180. The quantitative estimate of drug-likeness (QED) is 0.900. The summed E-state index contributed by atoms with van der Waals surface area (Å²) < 4.78 is 5.34. The Kier molecular flexibility index (Phi) is 3.50. The third kappa shape index (κ3) is 2.43. The van der Waals surface area contributed by atoms with E-state index in [1.807, 2.05) is 24.3 Å². The normalized spacial score (nSPS) is 13.1. The van der Waals surface area contributed by atoms with Crippen LogP contribution in [0.1, 0.15) is 27.0 Å². The molecule has 0 atom stereocenters. The maximum atomic E-state index is 12.2. The van der Waals surface area contributed by atoms with Crippen LogP contribution in [0.5, 0.6) is 0 Å². The van der Waals surface area contributed by atoms with Gasteiger partial charge in [-0.2, -0.15) is 0 Å². The second-order valence-electron chi connectivity index (χ2n) is 4.75. The van der Waals surface area contributed by atoms with Crippen LogP contribution in [0.15, 0.2) is 42.5 Å². The summed E-state index contributed by atoms with van der Waals surface area (Å²) in [5.74, 6) is -0.180. The van der Waals surface area contributed by atoms with Gasteiger partial charge in [0.2, 0.25) is 0 Å². The number of aliphatic hydroxyl groups is 1. The third-order valence-corrected chi connectivity index (χ3v) is 3.42. The highest BCUT2D eigenvalue weighted by Crippen LogP contribution is 2.22. The first-order valence-corrected chi connectivity index (χ1v) is 6.47. The van der Waals surface area contributed by atoms with Gasteiger partial charge in [0.15, 0.2) is 0 Å². The van der Waals surface area contributed by atoms with Gasteiger partial charge >= 0.3 is 0 Å². The van der Waals surface area contributed by atoms with E-state index in [0.717, 1.165) is 11.1 Å². The van der Waals surface area contributed by atoms with Crippen LogP contribution in [0.4, 0.5) is 5.69 Å². The fourth-order valence-electron chi connectivity index (χ4n) is 2.29. The van der Waals surface area contributed by atoms with Crippen molar-refractivity contribution in [3.8, 4) is 0 Å². The number of nitrogens with one attached hydrogen (secondary N) is 1. The Labute approximate surface area is 117 Å². The molecule has 3 rings (SSSR count). The number of anilines is 1. The number of fused-ring (bicyclic) bond motifs is 1. The molecule has 2 N–H and O–H groups in total. The van der Waals surface area contributed by atoms with Gasteiger partial charge in [-0.25, -0.2) is 0 Å². The zero-order valence-electron chi connectivity index (χ0n) is 10.9. The Bertz CT molecular complexity index is 652. The third-order valence-electron chi connectivity index (χ3n) is 3.42. The van der Waals surface area contributed by atoms with Crippen molar-refractivity contribution in [3.05, 3.63) is 64.7 Å². The molecule has 0 fully saturated rings. The summed E-state index contributed by atoms with van der Waals surface area (Å²) in [5.41, 5.74) is 4.13. The van der Waals surface area contributed by atoms with E-state index in [-0.39, 0.29) is 12.5 Å². The number of carbonyl (C=O) groups is 1. The van der Waals surface area contributed by atoms with E-state index in [9.17, 15) is 9.90 Å². The Balaban J connectivity index is 1.83. The molecular weight excluding hydrogens is 254 g/mol. The van der Waals surface area contributed by atoms with Gasteiger partial charge in [-0.1, -0.05) is 24.3 Å². The van der Waals surface area contributed by atoms with Crippen molar-refractivity contribution in [2.24, 2.45) is 0 Å². The molecule has 0 spiro atoms. The number of carbonyl (C=O) groups excluding carboxylic acids is 1. The SMILES string of the molecule is O=C(Nc1ccccc1CO)c1ccc2c(c1)COC2. The molecule has 4 heteroatoms. The summed E-state index contributed by atoms with van der Waals surface area (Å²) in [7, 11) is 0. The maximum absolute atomic E-state index is 12.2. The molecule has 0 radical (unpaired) electrons. The van der Waals surface area contributed by atoms with Crippen LogP contribution in [-0.2, 0) is 24.6 Å². The summed E-state index contributed by atoms with van der Waals surface area (Å²) in [4.78, 5) is 12.2. The first-order chi connectivity index (χ1) is 9.78. The molecule has 1 aliphatic heterocycles. The first-order valence-electron chi connectivity index (χ1n) is 6.47. The predicted molar refractivity (Wildman–Crippen MR) is 75.3 cm³/mol. The minimum absolute atomic E-state index is 0.103. The van der Waals surface area contributed by atoms with Crippen LogP contribution in [0, 0.1) is 0 Å². The lowest BCUT2D eigenvalue weighted by Crippen LogP contribution is -2.13. The van der Waals surface area contributed by atoms with Crippen molar-refractivity contribution in [1.29, 1.82) is 0 Å². The molecule has 20 heavy (non-hydrogen) atoms. The van der Waals surface area contributed by atoms with Crippen molar-refractivity contribution >= 4 is 11.6 Å². The number of rotatable bonds is 3. The largest absolute Gasteiger partial charge is 0.392 e. The Hall–Kier alpha value is -2.17. The topological polar surface area (TPSA) is 58.6 Å². The molecule has 102 valence electrons. The number of amides is 1. The molecule has 2 aromatic rings. The lowest BCUT2D eigenvalue weighted by Gasteiger charge is -2.10. The average Bonchev–Trinajstić information content (AvgIpc) is 2.95. The van der Waals surface area contributed by atoms with Gasteiger partial charge < -0.3 is 15.2 Å². The van der Waals surface area contributed by atoms with Crippen molar-refractivity contribution in [2.75, 3.05) is 5.32 Å². The molecule has 0 aliphatic carbocycles. The van der Waals surface area contributed by atoms with Crippen LogP contribution in [0.2, 0.25) is 0 Å². The zero-order chi connectivity index (χ0) is 13.9. The van der Waals surface area contributed by atoms with Crippen molar-refractivity contribution in [1.82, 2.24) is 0 Å². The van der Waals surface area contributed by atoms with E-state index in [1.165, 1.54) is 0 Å². The molecule has 2 aromatic carbocycles. The van der Waals surface area contributed by atoms with Crippen molar-refractivity contribution in [2.45, 2.75) is 19.8 Å². The lowest BCUT2D eigenvalue weighted by atomic mass is 10.1. The highest BCUT2D eigenvalue weighted by molar-refractivity contribution is 6.04. The van der Waals surface area contributed by atoms with E-state index in [0.29, 0.717) is 30.0 Å². The number of ether oxygens (including phenoxy) is 1. The molecule has 0 saturated carbocycles. The molecule has 0 unspecified atom stereocenters. The molecule has 0 saturated heterocycles. The monoisotopic (exact) mass is 269 g/mol. The number of hydrogen-bond acceptors (Lipinski definition) is 3. The van der Waals surface area contributed by atoms with E-state index in [2.05, 4.69) is 5.32 Å². The van der Waals surface area contributed by atoms with Crippen LogP contribution >= 0.6 is 0 Å². The molecule has 1 heterocycles. The van der Waals surface area contributed by atoms with Crippen LogP contribution in [0.3, 0.4) is 0 Å². The van der Waals surface area contributed by atoms with Crippen molar-refractivity contribution < 1.29 is 14.6 Å². The van der Waals surface area contributed by atoms with Gasteiger partial charge in [0.25, 0.3) is 5.91 Å². The van der Waals surface area contributed by atoms with E-state index in [1.54, 1.807) is 18.2 Å². The highest BCUT2D eigenvalue weighted by Gasteiger charge is 2.15. The van der Waals surface area contributed by atoms with Crippen LogP contribution in [0.25, 0.3) is 0 Å². The number of hydrogen-bond donors (Lipinski definition) is 2. The summed E-state index contributed by atoms with van der Waals surface area (Å²) in [6.07, 6.45) is 0. The zero-order valence-corrected chi connectivity index (χ0v) is 10.9. The number of para-hydroxylation sites is 1. The van der Waals surface area contributed by atoms with Gasteiger partial charge in [-0.05, 0) is 29.3 Å². The maximum Gasteiger partial charge on any atom is 0.255 e. The van der Waals surface area contributed by atoms with Gasteiger partial charge in [0, 0.05) is 16.8 Å². The summed E-state index contributed by atoms with van der Waals surface area (Å²) >= 11 is 0. The number of aliphatic hydroxyl groups excluding tert-OH is 1. The first kappa shape index (κ1) is 12.8. The standard InChI is InChI=1S/C16H15NO3/c18-8-12-3-1-2-4-15(12)17-16(19)11-5-6-13-9-20-10-14(13)7-11/h1-7,18H,8-10H2,(H,17,19). The molecule has 1 aliphatic rings. The molecule has 4 nitrogen and oxygen atoms in total. The predicted octanol–water partition coefficient (Wildman–Crippen LogP) is 2.46. The Morgan fingerprint density at radius 1 is 1.15 bits per heavy atom. The summed E-state index contributed by atoms with van der Waals surface area (Å²) in [6, 6.07) is 12.8. The molecular formula is C16H15NO3. The van der Waals surface area contributed by atoms with Crippen LogP contribution in [-0.4, -0.2) is 11.0 Å². The Morgan fingerprint density at radius 2 is 1.95 bits per heavy atom. The van der Waals surface area contributed by atoms with E-state index < -0.39 is 0 Å². The molecule has 0 bridgehead atoms. The fraction of sp³-hybridized carbons (Fsp3) is 0.188. The molecule has 0 aromatic heterocycles. The highest BCUT2D eigenvalue weighted by atomic mass is 16.5. The summed E-state index contributed by atoms with van der Waals surface area (Å²) in [6.45, 7) is 1.07. The lowest BCUT2D eigenvalue weighted by molar-refractivity contribution is 0.102. The van der Waals surface area contributed by atoms with E-state index in [4.69, 9.17) is 4.74 Å².